The average Bonchev–Trinajstić information content (AvgIpc) is 2.39. The summed E-state index contributed by atoms with van der Waals surface area (Å²) in [5, 5.41) is 3.37. The molecule has 2 heterocycles. The Balaban J connectivity index is 2.04. The minimum Gasteiger partial charge on any atom is -0.316 e. The van der Waals surface area contributed by atoms with Gasteiger partial charge in [-0.2, -0.15) is 0 Å². The molecule has 2 N–H and O–H groups in total. The van der Waals surface area contributed by atoms with Gasteiger partial charge < -0.3 is 9.88 Å². The van der Waals surface area contributed by atoms with Crippen LogP contribution in [-0.4, -0.2) is 22.6 Å². The van der Waals surface area contributed by atoms with Crippen LogP contribution in [0.4, 0.5) is 0 Å². The standard InChI is InChI=1S/C13H21N3O2/c1-2-11-9-16(13(18)15-12(11)17)7-5-10-4-3-6-14-8-10/h9-10,14H,2-8H2,1H3,(H,15,17,18). The Morgan fingerprint density at radius 3 is 2.94 bits per heavy atom. The lowest BCUT2D eigenvalue weighted by Crippen LogP contribution is -2.34. The summed E-state index contributed by atoms with van der Waals surface area (Å²) < 4.78 is 1.63. The second kappa shape index (κ2) is 6.00. The lowest BCUT2D eigenvalue weighted by atomic mass is 9.96. The molecule has 0 aliphatic carbocycles. The lowest BCUT2D eigenvalue weighted by molar-refractivity contribution is 0.339. The quantitative estimate of drug-likeness (QED) is 0.818. The molecular weight excluding hydrogens is 230 g/mol. The monoisotopic (exact) mass is 251 g/mol. The topological polar surface area (TPSA) is 66.9 Å². The van der Waals surface area contributed by atoms with E-state index in [9.17, 15) is 9.59 Å². The molecule has 0 saturated carbocycles. The van der Waals surface area contributed by atoms with Crippen molar-refractivity contribution in [3.05, 3.63) is 32.6 Å². The molecule has 1 atom stereocenters. The highest BCUT2D eigenvalue weighted by Gasteiger charge is 2.13. The van der Waals surface area contributed by atoms with Crippen LogP contribution in [0.3, 0.4) is 0 Å². The Bertz CT molecular complexity index is 498. The van der Waals surface area contributed by atoms with Gasteiger partial charge in [-0.15, -0.1) is 0 Å². The van der Waals surface area contributed by atoms with Gasteiger partial charge in [0.1, 0.15) is 0 Å². The second-order valence-corrected chi connectivity index (χ2v) is 4.96. The Labute approximate surface area is 106 Å². The largest absolute Gasteiger partial charge is 0.328 e. The van der Waals surface area contributed by atoms with Gasteiger partial charge in [-0.05, 0) is 44.7 Å². The third-order valence-corrected chi connectivity index (χ3v) is 3.64. The summed E-state index contributed by atoms with van der Waals surface area (Å²) in [6.07, 6.45) is 5.79. The molecule has 0 spiro atoms. The van der Waals surface area contributed by atoms with E-state index in [0.29, 0.717) is 24.4 Å². The van der Waals surface area contributed by atoms with Crippen LogP contribution in [0, 0.1) is 5.92 Å². The number of aryl methyl sites for hydroxylation is 2. The number of hydrogen-bond donors (Lipinski definition) is 2. The first-order valence-corrected chi connectivity index (χ1v) is 6.74. The van der Waals surface area contributed by atoms with Crippen molar-refractivity contribution in [2.24, 2.45) is 5.92 Å². The molecule has 1 fully saturated rings. The van der Waals surface area contributed by atoms with E-state index < -0.39 is 0 Å². The van der Waals surface area contributed by atoms with Gasteiger partial charge in [0.2, 0.25) is 0 Å². The van der Waals surface area contributed by atoms with Crippen molar-refractivity contribution in [3.8, 4) is 0 Å². The lowest BCUT2D eigenvalue weighted by Gasteiger charge is -2.22. The molecule has 0 amide bonds. The van der Waals surface area contributed by atoms with E-state index in [-0.39, 0.29) is 11.2 Å². The maximum atomic E-state index is 11.7. The molecule has 1 unspecified atom stereocenters. The highest BCUT2D eigenvalue weighted by molar-refractivity contribution is 5.03. The van der Waals surface area contributed by atoms with Crippen molar-refractivity contribution in [1.29, 1.82) is 0 Å². The summed E-state index contributed by atoms with van der Waals surface area (Å²) in [6.45, 7) is 4.76. The predicted molar refractivity (Wildman–Crippen MR) is 70.9 cm³/mol. The second-order valence-electron chi connectivity index (χ2n) is 4.96. The van der Waals surface area contributed by atoms with Crippen LogP contribution in [0.1, 0.15) is 31.7 Å². The number of aromatic amines is 1. The molecule has 1 aliphatic rings. The summed E-state index contributed by atoms with van der Waals surface area (Å²) in [5.41, 5.74) is 0.135. The molecule has 1 saturated heterocycles. The zero-order valence-corrected chi connectivity index (χ0v) is 10.9. The van der Waals surface area contributed by atoms with E-state index in [0.717, 1.165) is 19.5 Å². The van der Waals surface area contributed by atoms with Gasteiger partial charge in [0.25, 0.3) is 5.56 Å². The fourth-order valence-corrected chi connectivity index (χ4v) is 2.46. The number of aromatic nitrogens is 2. The van der Waals surface area contributed by atoms with Crippen LogP contribution in [0.2, 0.25) is 0 Å². The minimum atomic E-state index is -0.291. The maximum absolute atomic E-state index is 11.7. The van der Waals surface area contributed by atoms with E-state index in [1.165, 1.54) is 12.8 Å². The molecule has 0 aromatic carbocycles. The molecule has 5 heteroatoms. The van der Waals surface area contributed by atoms with Crippen LogP contribution in [0.25, 0.3) is 0 Å². The fourth-order valence-electron chi connectivity index (χ4n) is 2.46. The van der Waals surface area contributed by atoms with Gasteiger partial charge >= 0.3 is 5.69 Å². The third-order valence-electron chi connectivity index (χ3n) is 3.64. The Kier molecular flexibility index (Phi) is 4.36. The summed E-state index contributed by atoms with van der Waals surface area (Å²) in [7, 11) is 0. The molecule has 0 radical (unpaired) electrons. The van der Waals surface area contributed by atoms with Gasteiger partial charge in [-0.25, -0.2) is 4.79 Å². The highest BCUT2D eigenvalue weighted by atomic mass is 16.2. The number of nitrogens with zero attached hydrogens (tertiary/aromatic N) is 1. The van der Waals surface area contributed by atoms with Crippen molar-refractivity contribution in [2.75, 3.05) is 13.1 Å². The van der Waals surface area contributed by atoms with E-state index >= 15 is 0 Å². The molecule has 18 heavy (non-hydrogen) atoms. The first-order chi connectivity index (χ1) is 8.70. The van der Waals surface area contributed by atoms with Gasteiger partial charge in [-0.3, -0.25) is 9.78 Å². The third kappa shape index (κ3) is 3.10. The maximum Gasteiger partial charge on any atom is 0.328 e. The van der Waals surface area contributed by atoms with Crippen molar-refractivity contribution in [2.45, 2.75) is 39.2 Å². The summed E-state index contributed by atoms with van der Waals surface area (Å²) >= 11 is 0. The number of rotatable bonds is 4. The van der Waals surface area contributed by atoms with Crippen molar-refractivity contribution >= 4 is 0 Å². The molecule has 1 aromatic heterocycles. The molecular formula is C13H21N3O2. The van der Waals surface area contributed by atoms with Crippen molar-refractivity contribution in [3.63, 3.8) is 0 Å². The summed E-state index contributed by atoms with van der Waals surface area (Å²) in [5.74, 6) is 0.641. The number of hydrogen-bond acceptors (Lipinski definition) is 3. The molecule has 0 bridgehead atoms. The molecule has 5 nitrogen and oxygen atoms in total. The Morgan fingerprint density at radius 2 is 2.28 bits per heavy atom. The van der Waals surface area contributed by atoms with E-state index in [1.807, 2.05) is 6.92 Å². The zero-order chi connectivity index (χ0) is 13.0. The van der Waals surface area contributed by atoms with Crippen LogP contribution in [-0.2, 0) is 13.0 Å². The fraction of sp³-hybridized carbons (Fsp3) is 0.692. The van der Waals surface area contributed by atoms with Crippen molar-refractivity contribution in [1.82, 2.24) is 14.9 Å². The van der Waals surface area contributed by atoms with Gasteiger partial charge in [0, 0.05) is 18.3 Å². The van der Waals surface area contributed by atoms with E-state index in [4.69, 9.17) is 0 Å². The number of nitrogens with one attached hydrogen (secondary N) is 2. The van der Waals surface area contributed by atoms with E-state index in [2.05, 4.69) is 10.3 Å². The predicted octanol–water partition coefficient (Wildman–Crippen LogP) is 0.489. The van der Waals surface area contributed by atoms with Crippen LogP contribution in [0.15, 0.2) is 15.8 Å². The molecule has 2 rings (SSSR count). The zero-order valence-electron chi connectivity index (χ0n) is 10.9. The highest BCUT2D eigenvalue weighted by Crippen LogP contribution is 2.14. The van der Waals surface area contributed by atoms with Gasteiger partial charge in [0.05, 0.1) is 0 Å². The van der Waals surface area contributed by atoms with Gasteiger partial charge in [0.15, 0.2) is 0 Å². The van der Waals surface area contributed by atoms with Crippen molar-refractivity contribution < 1.29 is 0 Å². The van der Waals surface area contributed by atoms with Crippen LogP contribution in [0.5, 0.6) is 0 Å². The normalized spacial score (nSPS) is 19.9. The minimum absolute atomic E-state index is 0.252. The smallest absolute Gasteiger partial charge is 0.316 e. The SMILES string of the molecule is CCc1cn(CCC2CCCNC2)c(=O)[nH]c1=O. The van der Waals surface area contributed by atoms with Gasteiger partial charge in [-0.1, -0.05) is 6.92 Å². The van der Waals surface area contributed by atoms with E-state index in [1.54, 1.807) is 10.8 Å². The first kappa shape index (κ1) is 13.1. The Hall–Kier alpha value is -1.36. The summed E-state index contributed by atoms with van der Waals surface area (Å²) in [6, 6.07) is 0. The number of H-pyrrole nitrogens is 1. The Morgan fingerprint density at radius 1 is 1.44 bits per heavy atom. The number of piperidine rings is 1. The molecule has 1 aliphatic heterocycles. The average molecular weight is 251 g/mol. The summed E-state index contributed by atoms with van der Waals surface area (Å²) in [4.78, 5) is 25.5. The molecule has 100 valence electrons. The molecule has 1 aromatic rings. The van der Waals surface area contributed by atoms with Crippen LogP contribution < -0.4 is 16.6 Å². The first-order valence-electron chi connectivity index (χ1n) is 6.74. The van der Waals surface area contributed by atoms with Crippen LogP contribution >= 0.6 is 0 Å².